The number of sulfone groups is 1. The summed E-state index contributed by atoms with van der Waals surface area (Å²) in [5.41, 5.74) is 0. The predicted octanol–water partition coefficient (Wildman–Crippen LogP) is 1.14. The van der Waals surface area contributed by atoms with Crippen LogP contribution < -0.4 is 0 Å². The van der Waals surface area contributed by atoms with Gasteiger partial charge in [0.1, 0.15) is 0 Å². The van der Waals surface area contributed by atoms with E-state index in [9.17, 15) is 8.42 Å². The number of alkyl halides is 2. The van der Waals surface area contributed by atoms with E-state index in [1.165, 1.54) is 6.26 Å². The van der Waals surface area contributed by atoms with E-state index in [0.717, 1.165) is 0 Å². The zero-order valence-electron chi connectivity index (χ0n) is 3.56. The molecule has 1 atom stereocenters. The summed E-state index contributed by atoms with van der Waals surface area (Å²) in [6.07, 6.45) is 1.18. The minimum Gasteiger partial charge on any atom is -0.227 e. The highest BCUT2D eigenvalue weighted by Gasteiger charge is 2.10. The first-order chi connectivity index (χ1) is 2.94. The second kappa shape index (κ2) is 2.63. The lowest BCUT2D eigenvalue weighted by Gasteiger charge is -1.92. The summed E-state index contributed by atoms with van der Waals surface area (Å²) in [6, 6.07) is 0. The van der Waals surface area contributed by atoms with Crippen LogP contribution in [0, 0.1) is 0 Å². The fraction of sp³-hybridized carbons (Fsp3) is 1.00. The summed E-state index contributed by atoms with van der Waals surface area (Å²) >= 11 is 4.67. The van der Waals surface area contributed by atoms with Crippen molar-refractivity contribution in [2.24, 2.45) is 0 Å². The van der Waals surface area contributed by atoms with Crippen LogP contribution in [-0.4, -0.2) is 16.8 Å². The van der Waals surface area contributed by atoms with Crippen LogP contribution in [-0.2, 0) is 9.84 Å². The maximum atomic E-state index is 10.3. The molecule has 0 spiro atoms. The molecule has 0 saturated carbocycles. The Bertz CT molecular complexity index is 138. The highest BCUT2D eigenvalue weighted by atomic mass is 127. The molecule has 0 aliphatic rings. The van der Waals surface area contributed by atoms with E-state index >= 15 is 0 Å². The Hall–Kier alpha value is 1.16. The number of hydrogen-bond donors (Lipinski definition) is 0. The summed E-state index contributed by atoms with van der Waals surface area (Å²) in [4.78, 5) is 0. The van der Waals surface area contributed by atoms with Crippen LogP contribution >= 0.6 is 38.5 Å². The normalized spacial score (nSPS) is 16.4. The van der Waals surface area contributed by atoms with Gasteiger partial charge in [0.15, 0.2) is 12.0 Å². The molecule has 44 valence electrons. The minimum absolute atomic E-state index is 0.447. The molecule has 1 unspecified atom stereocenters. The third-order valence-corrected chi connectivity index (χ3v) is 5.78. The van der Waals surface area contributed by atoms with Gasteiger partial charge >= 0.3 is 0 Å². The van der Waals surface area contributed by atoms with E-state index in [-0.39, 0.29) is 0 Å². The highest BCUT2D eigenvalue weighted by molar-refractivity contribution is 14.1. The second-order valence-corrected chi connectivity index (χ2v) is 8.55. The quantitative estimate of drug-likeness (QED) is 0.537. The largest absolute Gasteiger partial charge is 0.227 e. The Morgan fingerprint density at radius 1 is 1.71 bits per heavy atom. The molecule has 2 nitrogen and oxygen atoms in total. The van der Waals surface area contributed by atoms with Gasteiger partial charge in [0.2, 0.25) is 0 Å². The molecule has 5 heteroatoms. The monoisotopic (exact) mass is 298 g/mol. The molecule has 0 heterocycles. The molecular weight excluding hydrogens is 295 g/mol. The first-order valence-electron chi connectivity index (χ1n) is 1.41. The fourth-order valence-corrected chi connectivity index (χ4v) is 0. The molecule has 0 saturated heterocycles. The molecule has 0 rings (SSSR count). The van der Waals surface area contributed by atoms with Crippen LogP contribution in [0.25, 0.3) is 0 Å². The summed E-state index contributed by atoms with van der Waals surface area (Å²) in [6.45, 7) is 0. The zero-order valence-corrected chi connectivity index (χ0v) is 8.12. The molecule has 0 radical (unpaired) electrons. The summed E-state index contributed by atoms with van der Waals surface area (Å²) in [5, 5.41) is 0. The van der Waals surface area contributed by atoms with E-state index in [1.807, 2.05) is 0 Å². The topological polar surface area (TPSA) is 34.1 Å². The lowest BCUT2D eigenvalue weighted by atomic mass is 11.9. The van der Waals surface area contributed by atoms with Gasteiger partial charge in [-0.1, -0.05) is 38.5 Å². The van der Waals surface area contributed by atoms with Crippen LogP contribution in [0.3, 0.4) is 0 Å². The molecule has 0 aliphatic heterocycles. The van der Waals surface area contributed by atoms with Gasteiger partial charge < -0.3 is 0 Å². The summed E-state index contributed by atoms with van der Waals surface area (Å²) in [7, 11) is -2.84. The van der Waals surface area contributed by atoms with Gasteiger partial charge in [0.25, 0.3) is 0 Å². The molecule has 7 heavy (non-hydrogen) atoms. The van der Waals surface area contributed by atoms with Gasteiger partial charge in [0.05, 0.1) is 0 Å². The summed E-state index contributed by atoms with van der Waals surface area (Å²) < 4.78 is 20.1. The van der Waals surface area contributed by atoms with Crippen molar-refractivity contribution in [3.05, 3.63) is 0 Å². The Balaban J connectivity index is 4.10. The average Bonchev–Trinajstić information content (AvgIpc) is 1.31. The highest BCUT2D eigenvalue weighted by Crippen LogP contribution is 2.14. The third kappa shape index (κ3) is 3.72. The molecule has 0 N–H and O–H groups in total. The van der Waals surface area contributed by atoms with Crippen molar-refractivity contribution in [2.75, 3.05) is 6.26 Å². The third-order valence-electron chi connectivity index (χ3n) is 0.324. The van der Waals surface area contributed by atoms with E-state index < -0.39 is 12.0 Å². The molecular formula is C2H4BrIO2S. The maximum absolute atomic E-state index is 10.3. The van der Waals surface area contributed by atoms with Crippen LogP contribution in [0.2, 0.25) is 0 Å². The van der Waals surface area contributed by atoms with Crippen molar-refractivity contribution in [3.8, 4) is 0 Å². The van der Waals surface area contributed by atoms with Gasteiger partial charge in [-0.05, 0) is 0 Å². The molecule has 0 aromatic rings. The van der Waals surface area contributed by atoms with Crippen LogP contribution in [0.4, 0.5) is 0 Å². The average molecular weight is 299 g/mol. The Morgan fingerprint density at radius 2 is 1.86 bits per heavy atom. The number of hydrogen-bond acceptors (Lipinski definition) is 2. The second-order valence-electron chi connectivity index (χ2n) is 1.09. The molecule has 0 aliphatic carbocycles. The van der Waals surface area contributed by atoms with Crippen molar-refractivity contribution in [1.82, 2.24) is 0 Å². The van der Waals surface area contributed by atoms with Gasteiger partial charge in [-0.3, -0.25) is 0 Å². The van der Waals surface area contributed by atoms with Crippen molar-refractivity contribution < 1.29 is 8.42 Å². The van der Waals surface area contributed by atoms with Gasteiger partial charge in [-0.2, -0.15) is 0 Å². The molecule has 0 bridgehead atoms. The Morgan fingerprint density at radius 3 is 1.86 bits per heavy atom. The van der Waals surface area contributed by atoms with Crippen molar-refractivity contribution in [3.63, 3.8) is 0 Å². The van der Waals surface area contributed by atoms with Gasteiger partial charge in [-0.15, -0.1) is 0 Å². The van der Waals surface area contributed by atoms with E-state index in [2.05, 4.69) is 15.9 Å². The zero-order chi connectivity index (χ0) is 6.08. The first kappa shape index (κ1) is 8.16. The molecule has 0 aromatic heterocycles. The maximum Gasteiger partial charge on any atom is 0.169 e. The standard InChI is InChI=1S/C2H4BrIO2S/c1-7(5,6)2(3)4/h2H,1H3. The number of halogens is 2. The Kier molecular flexibility index (Phi) is 3.07. The predicted molar refractivity (Wildman–Crippen MR) is 41.6 cm³/mol. The molecule has 0 fully saturated rings. The van der Waals surface area contributed by atoms with Gasteiger partial charge in [0, 0.05) is 6.26 Å². The van der Waals surface area contributed by atoms with E-state index in [4.69, 9.17) is 0 Å². The molecule has 0 aromatic carbocycles. The first-order valence-corrected chi connectivity index (χ1v) is 5.53. The van der Waals surface area contributed by atoms with E-state index in [0.29, 0.717) is 0 Å². The lowest BCUT2D eigenvalue weighted by molar-refractivity contribution is 0.606. The fourth-order valence-electron chi connectivity index (χ4n) is 0. The number of rotatable bonds is 1. The van der Waals surface area contributed by atoms with Crippen LogP contribution in [0.15, 0.2) is 0 Å². The smallest absolute Gasteiger partial charge is 0.169 e. The lowest BCUT2D eigenvalue weighted by Crippen LogP contribution is -2.03. The van der Waals surface area contributed by atoms with Gasteiger partial charge in [-0.25, -0.2) is 8.42 Å². The molecule has 0 amide bonds. The van der Waals surface area contributed by atoms with E-state index in [1.54, 1.807) is 22.6 Å². The van der Waals surface area contributed by atoms with Crippen molar-refractivity contribution in [1.29, 1.82) is 0 Å². The van der Waals surface area contributed by atoms with Crippen LogP contribution in [0.1, 0.15) is 0 Å². The Labute approximate surface area is 64.9 Å². The van der Waals surface area contributed by atoms with Crippen LogP contribution in [0.5, 0.6) is 0 Å². The van der Waals surface area contributed by atoms with Crippen molar-refractivity contribution >= 4 is 48.4 Å². The summed E-state index contributed by atoms with van der Waals surface area (Å²) in [5.74, 6) is 0. The SMILES string of the molecule is CS(=O)(=O)C(Br)I. The van der Waals surface area contributed by atoms with Crippen molar-refractivity contribution in [2.45, 2.75) is 2.17 Å². The minimum atomic E-state index is -2.84.